The SMILES string of the molecule is CC1CCCCC1NC(=O)NC(=O)CSc1ccc2c(c1)OCCO2. The van der Waals surface area contributed by atoms with E-state index in [0.717, 1.165) is 29.9 Å². The van der Waals surface area contributed by atoms with E-state index >= 15 is 0 Å². The third kappa shape index (κ3) is 5.04. The molecule has 2 atom stereocenters. The van der Waals surface area contributed by atoms with Crippen LogP contribution in [0.1, 0.15) is 32.6 Å². The molecule has 2 aliphatic rings. The number of ether oxygens (including phenoxy) is 2. The van der Waals surface area contributed by atoms with Gasteiger partial charge in [0.1, 0.15) is 13.2 Å². The zero-order valence-corrected chi connectivity index (χ0v) is 15.2. The van der Waals surface area contributed by atoms with Crippen LogP contribution in [0, 0.1) is 5.92 Å². The Morgan fingerprint density at radius 1 is 1.16 bits per heavy atom. The lowest BCUT2D eigenvalue weighted by Crippen LogP contribution is -2.48. The van der Waals surface area contributed by atoms with E-state index in [1.54, 1.807) is 0 Å². The van der Waals surface area contributed by atoms with Crippen LogP contribution in [-0.4, -0.2) is 36.9 Å². The van der Waals surface area contributed by atoms with Gasteiger partial charge in [-0.3, -0.25) is 10.1 Å². The molecule has 0 bridgehead atoms. The second kappa shape index (κ2) is 8.47. The first-order valence-electron chi connectivity index (χ1n) is 8.74. The first-order valence-corrected chi connectivity index (χ1v) is 9.73. The molecule has 7 heteroatoms. The maximum atomic E-state index is 12.0. The minimum Gasteiger partial charge on any atom is -0.486 e. The van der Waals surface area contributed by atoms with E-state index in [2.05, 4.69) is 17.6 Å². The predicted octanol–water partition coefficient (Wildman–Crippen LogP) is 2.95. The zero-order valence-electron chi connectivity index (χ0n) is 14.4. The molecular formula is C18H24N2O4S. The average molecular weight is 364 g/mol. The minimum atomic E-state index is -0.397. The molecule has 1 aromatic rings. The maximum absolute atomic E-state index is 12.0. The number of carbonyl (C=O) groups is 2. The highest BCUT2D eigenvalue weighted by Crippen LogP contribution is 2.34. The molecule has 1 aliphatic heterocycles. The quantitative estimate of drug-likeness (QED) is 0.804. The fraction of sp³-hybridized carbons (Fsp3) is 0.556. The van der Waals surface area contributed by atoms with Crippen molar-refractivity contribution in [2.75, 3.05) is 19.0 Å². The predicted molar refractivity (Wildman–Crippen MR) is 96.3 cm³/mol. The topological polar surface area (TPSA) is 76.7 Å². The molecule has 1 aliphatic carbocycles. The molecule has 1 saturated carbocycles. The number of rotatable bonds is 4. The van der Waals surface area contributed by atoms with Gasteiger partial charge in [0, 0.05) is 10.9 Å². The van der Waals surface area contributed by atoms with E-state index < -0.39 is 6.03 Å². The molecule has 1 heterocycles. The summed E-state index contributed by atoms with van der Waals surface area (Å²) in [6.45, 7) is 3.22. The number of benzene rings is 1. The van der Waals surface area contributed by atoms with Gasteiger partial charge < -0.3 is 14.8 Å². The Kier molecular flexibility index (Phi) is 6.07. The van der Waals surface area contributed by atoms with E-state index in [0.29, 0.717) is 24.9 Å². The zero-order chi connectivity index (χ0) is 17.6. The summed E-state index contributed by atoms with van der Waals surface area (Å²) in [5, 5.41) is 5.34. The van der Waals surface area contributed by atoms with Crippen molar-refractivity contribution < 1.29 is 19.1 Å². The third-order valence-corrected chi connectivity index (χ3v) is 5.56. The van der Waals surface area contributed by atoms with Crippen molar-refractivity contribution in [3.63, 3.8) is 0 Å². The second-order valence-electron chi connectivity index (χ2n) is 6.48. The van der Waals surface area contributed by atoms with Gasteiger partial charge in [-0.1, -0.05) is 19.8 Å². The van der Waals surface area contributed by atoms with Crippen LogP contribution in [0.3, 0.4) is 0 Å². The molecule has 3 rings (SSSR count). The first kappa shape index (κ1) is 17.9. The Morgan fingerprint density at radius 2 is 1.92 bits per heavy atom. The van der Waals surface area contributed by atoms with E-state index in [-0.39, 0.29) is 17.7 Å². The van der Waals surface area contributed by atoms with E-state index in [1.807, 2.05) is 18.2 Å². The third-order valence-electron chi connectivity index (χ3n) is 4.56. The normalized spacial score (nSPS) is 22.1. The molecule has 6 nitrogen and oxygen atoms in total. The number of urea groups is 1. The minimum absolute atomic E-state index is 0.159. The fourth-order valence-corrected chi connectivity index (χ4v) is 3.88. The van der Waals surface area contributed by atoms with Gasteiger partial charge in [0.25, 0.3) is 0 Å². The summed E-state index contributed by atoms with van der Waals surface area (Å²) in [6, 6.07) is 5.34. The molecular weight excluding hydrogens is 340 g/mol. The van der Waals surface area contributed by atoms with Crippen molar-refractivity contribution in [1.29, 1.82) is 0 Å². The van der Waals surface area contributed by atoms with Crippen molar-refractivity contribution in [3.8, 4) is 11.5 Å². The standard InChI is InChI=1S/C18H24N2O4S/c1-12-4-2-3-5-14(12)19-18(22)20-17(21)11-25-13-6-7-15-16(10-13)24-9-8-23-15/h6-7,10,12,14H,2-5,8-9,11H2,1H3,(H2,19,20,21,22). The van der Waals surface area contributed by atoms with Gasteiger partial charge in [0.05, 0.1) is 5.75 Å². The number of imide groups is 1. The van der Waals surface area contributed by atoms with Crippen LogP contribution in [0.25, 0.3) is 0 Å². The van der Waals surface area contributed by atoms with Crippen molar-refractivity contribution in [1.82, 2.24) is 10.6 Å². The molecule has 3 amide bonds. The molecule has 2 N–H and O–H groups in total. The van der Waals surface area contributed by atoms with Crippen LogP contribution in [0.5, 0.6) is 11.5 Å². The van der Waals surface area contributed by atoms with Crippen LogP contribution < -0.4 is 20.1 Å². The molecule has 2 unspecified atom stereocenters. The highest BCUT2D eigenvalue weighted by atomic mass is 32.2. The lowest BCUT2D eigenvalue weighted by atomic mass is 9.86. The van der Waals surface area contributed by atoms with Crippen molar-refractivity contribution in [2.45, 2.75) is 43.5 Å². The Balaban J connectivity index is 1.44. The molecule has 1 aromatic carbocycles. The van der Waals surface area contributed by atoms with Crippen LogP contribution >= 0.6 is 11.8 Å². The summed E-state index contributed by atoms with van der Waals surface area (Å²) in [4.78, 5) is 24.9. The molecule has 25 heavy (non-hydrogen) atoms. The summed E-state index contributed by atoms with van der Waals surface area (Å²) in [7, 11) is 0. The maximum Gasteiger partial charge on any atom is 0.321 e. The van der Waals surface area contributed by atoms with Gasteiger partial charge in [-0.25, -0.2) is 4.79 Å². The smallest absolute Gasteiger partial charge is 0.321 e. The summed E-state index contributed by atoms with van der Waals surface area (Å²) in [5.41, 5.74) is 0. The van der Waals surface area contributed by atoms with Crippen LogP contribution in [0.4, 0.5) is 4.79 Å². The van der Waals surface area contributed by atoms with E-state index in [9.17, 15) is 9.59 Å². The lowest BCUT2D eigenvalue weighted by Gasteiger charge is -2.29. The lowest BCUT2D eigenvalue weighted by molar-refractivity contribution is -0.117. The van der Waals surface area contributed by atoms with E-state index in [4.69, 9.17) is 9.47 Å². The Labute approximate surface area is 152 Å². The van der Waals surface area contributed by atoms with Crippen molar-refractivity contribution in [2.24, 2.45) is 5.92 Å². The van der Waals surface area contributed by atoms with Gasteiger partial charge in [0.2, 0.25) is 5.91 Å². The monoisotopic (exact) mass is 364 g/mol. The number of hydrogen-bond acceptors (Lipinski definition) is 5. The Morgan fingerprint density at radius 3 is 2.72 bits per heavy atom. The van der Waals surface area contributed by atoms with Gasteiger partial charge in [-0.05, 0) is 37.0 Å². The number of hydrogen-bond donors (Lipinski definition) is 2. The van der Waals surface area contributed by atoms with Crippen molar-refractivity contribution >= 4 is 23.7 Å². The highest BCUT2D eigenvalue weighted by Gasteiger charge is 2.23. The van der Waals surface area contributed by atoms with Crippen LogP contribution in [0.2, 0.25) is 0 Å². The van der Waals surface area contributed by atoms with Crippen molar-refractivity contribution in [3.05, 3.63) is 18.2 Å². The molecule has 0 saturated heterocycles. The number of thioether (sulfide) groups is 1. The Hall–Kier alpha value is -1.89. The van der Waals surface area contributed by atoms with Gasteiger partial charge in [0.15, 0.2) is 11.5 Å². The van der Waals surface area contributed by atoms with Gasteiger partial charge >= 0.3 is 6.03 Å². The summed E-state index contributed by atoms with van der Waals surface area (Å²) >= 11 is 1.36. The summed E-state index contributed by atoms with van der Waals surface area (Å²) in [6.07, 6.45) is 4.45. The molecule has 1 fully saturated rings. The number of amides is 3. The molecule has 0 spiro atoms. The largest absolute Gasteiger partial charge is 0.486 e. The molecule has 136 valence electrons. The molecule has 0 aromatic heterocycles. The van der Waals surface area contributed by atoms with Crippen LogP contribution in [-0.2, 0) is 4.79 Å². The fourth-order valence-electron chi connectivity index (χ4n) is 3.16. The number of fused-ring (bicyclic) bond motifs is 1. The Bertz CT molecular complexity index is 638. The van der Waals surface area contributed by atoms with E-state index in [1.165, 1.54) is 18.2 Å². The van der Waals surface area contributed by atoms with Gasteiger partial charge in [-0.15, -0.1) is 11.8 Å². The second-order valence-corrected chi connectivity index (χ2v) is 7.53. The summed E-state index contributed by atoms with van der Waals surface area (Å²) in [5.74, 6) is 1.75. The average Bonchev–Trinajstić information content (AvgIpc) is 2.62. The van der Waals surface area contributed by atoms with Crippen LogP contribution in [0.15, 0.2) is 23.1 Å². The molecule has 0 radical (unpaired) electrons. The highest BCUT2D eigenvalue weighted by molar-refractivity contribution is 8.00. The summed E-state index contributed by atoms with van der Waals surface area (Å²) < 4.78 is 11.0. The first-order chi connectivity index (χ1) is 12.1. The number of carbonyl (C=O) groups excluding carboxylic acids is 2. The number of nitrogens with one attached hydrogen (secondary N) is 2. The van der Waals surface area contributed by atoms with Gasteiger partial charge in [-0.2, -0.15) is 0 Å².